The van der Waals surface area contributed by atoms with Crippen molar-refractivity contribution in [3.63, 3.8) is 0 Å². The third-order valence-electron chi connectivity index (χ3n) is 3.23. The summed E-state index contributed by atoms with van der Waals surface area (Å²) < 4.78 is 11.3. The van der Waals surface area contributed by atoms with Crippen LogP contribution in [0.1, 0.15) is 11.1 Å². The molecule has 4 rings (SSSR count). The first kappa shape index (κ1) is 13.9. The van der Waals surface area contributed by atoms with Crippen LogP contribution in [0.5, 0.6) is 11.5 Å². The monoisotopic (exact) mass is 318 g/mol. The average Bonchev–Trinajstić information content (AvgIpc) is 2.87. The summed E-state index contributed by atoms with van der Waals surface area (Å²) >= 11 is 0. The van der Waals surface area contributed by atoms with Crippen LogP contribution in [0, 0.1) is 6.41 Å². The van der Waals surface area contributed by atoms with Crippen molar-refractivity contribution in [2.45, 2.75) is 6.54 Å². The molecular formula is C15H11N2O3V-. The predicted octanol–water partition coefficient (Wildman–Crippen LogP) is 2.42. The quantitative estimate of drug-likeness (QED) is 0.821. The fourth-order valence-electron chi connectivity index (χ4n) is 2.23. The van der Waals surface area contributed by atoms with Gasteiger partial charge in [0.25, 0.3) is 0 Å². The summed E-state index contributed by atoms with van der Waals surface area (Å²) in [7, 11) is 0. The van der Waals surface area contributed by atoms with Crippen LogP contribution < -0.4 is 4.74 Å². The number of fused-ring (bicyclic) bond motifs is 2. The van der Waals surface area contributed by atoms with Crippen molar-refractivity contribution < 1.29 is 33.1 Å². The van der Waals surface area contributed by atoms with E-state index in [1.165, 1.54) is 0 Å². The molecule has 0 amide bonds. The van der Waals surface area contributed by atoms with Gasteiger partial charge in [-0.25, -0.2) is 0 Å². The summed E-state index contributed by atoms with van der Waals surface area (Å²) in [6.45, 7) is 0.586. The Labute approximate surface area is 133 Å². The number of hydrazone groups is 1. The molecule has 0 spiro atoms. The van der Waals surface area contributed by atoms with Crippen LogP contribution in [0.3, 0.4) is 0 Å². The predicted molar refractivity (Wildman–Crippen MR) is 71.6 cm³/mol. The average molecular weight is 318 g/mol. The normalized spacial score (nSPS) is 16.0. The van der Waals surface area contributed by atoms with Crippen molar-refractivity contribution in [1.82, 2.24) is 5.01 Å². The van der Waals surface area contributed by atoms with E-state index in [2.05, 4.69) is 5.10 Å². The molecule has 0 atom stereocenters. The Balaban J connectivity index is 0.00000132. The van der Waals surface area contributed by atoms with E-state index < -0.39 is 0 Å². The maximum atomic E-state index is 9.85. The molecule has 6 heteroatoms. The summed E-state index contributed by atoms with van der Waals surface area (Å²) in [5.74, 6) is 1.24. The van der Waals surface area contributed by atoms with Gasteiger partial charge in [-0.3, -0.25) is 0 Å². The van der Waals surface area contributed by atoms with E-state index >= 15 is 0 Å². The number of phenolic OH excluding ortho intramolecular Hbond substituents is 1. The first-order valence-corrected chi connectivity index (χ1v) is 6.26. The third-order valence-corrected chi connectivity index (χ3v) is 3.23. The molecule has 105 valence electrons. The minimum atomic E-state index is 0. The smallest absolute Gasteiger partial charge is 0.212 e. The Morgan fingerprint density at radius 3 is 2.67 bits per heavy atom. The molecule has 5 nitrogen and oxygen atoms in total. The number of rotatable bonds is 1. The number of phenols is 1. The summed E-state index contributed by atoms with van der Waals surface area (Å²) in [4.78, 5) is 0. The SMILES string of the molecule is Oc1ccccc1C1=NN2Cc3ccccc3O[C-]2O1.[V]. The van der Waals surface area contributed by atoms with E-state index in [1.54, 1.807) is 23.2 Å². The Kier molecular flexibility index (Phi) is 3.53. The largest absolute Gasteiger partial charge is 0.600 e. The number of aromatic hydroxyl groups is 1. The van der Waals surface area contributed by atoms with E-state index in [0.717, 1.165) is 11.3 Å². The van der Waals surface area contributed by atoms with Gasteiger partial charge in [-0.1, -0.05) is 30.3 Å². The van der Waals surface area contributed by atoms with Crippen LogP contribution in [0.2, 0.25) is 0 Å². The number of para-hydroxylation sites is 2. The van der Waals surface area contributed by atoms with E-state index in [1.807, 2.05) is 30.3 Å². The second-order valence-electron chi connectivity index (χ2n) is 4.56. The number of benzene rings is 2. The fraction of sp³-hybridized carbons (Fsp3) is 0.0667. The minimum absolute atomic E-state index is 0. The molecule has 0 saturated carbocycles. The molecule has 2 aliphatic rings. The van der Waals surface area contributed by atoms with Crippen LogP contribution in [0.4, 0.5) is 0 Å². The Morgan fingerprint density at radius 1 is 1.05 bits per heavy atom. The van der Waals surface area contributed by atoms with Crippen molar-refractivity contribution in [2.24, 2.45) is 5.10 Å². The van der Waals surface area contributed by atoms with Crippen LogP contribution in [-0.2, 0) is 29.8 Å². The van der Waals surface area contributed by atoms with Crippen LogP contribution in [-0.4, -0.2) is 16.0 Å². The molecule has 2 aromatic carbocycles. The number of nitrogens with zero attached hydrogens (tertiary/aromatic N) is 2. The molecule has 0 saturated heterocycles. The van der Waals surface area contributed by atoms with Crippen LogP contribution in [0.25, 0.3) is 0 Å². The molecule has 0 fully saturated rings. The summed E-state index contributed by atoms with van der Waals surface area (Å²) in [5.41, 5.74) is 1.59. The molecule has 0 aliphatic carbocycles. The zero-order valence-electron chi connectivity index (χ0n) is 10.9. The molecule has 0 aromatic heterocycles. The molecule has 0 bridgehead atoms. The second kappa shape index (κ2) is 5.35. The maximum absolute atomic E-state index is 9.85. The van der Waals surface area contributed by atoms with E-state index in [-0.39, 0.29) is 24.3 Å². The van der Waals surface area contributed by atoms with Gasteiger partial charge in [0.1, 0.15) is 12.2 Å². The van der Waals surface area contributed by atoms with Gasteiger partial charge in [-0.2, -0.15) is 5.10 Å². The van der Waals surface area contributed by atoms with Gasteiger partial charge >= 0.3 is 0 Å². The fourth-order valence-corrected chi connectivity index (χ4v) is 2.23. The van der Waals surface area contributed by atoms with Crippen molar-refractivity contribution in [2.75, 3.05) is 0 Å². The van der Waals surface area contributed by atoms with Crippen molar-refractivity contribution in [3.8, 4) is 11.5 Å². The van der Waals surface area contributed by atoms with Gasteiger partial charge in [0.2, 0.25) is 5.90 Å². The van der Waals surface area contributed by atoms with E-state index in [0.29, 0.717) is 24.4 Å². The number of hydrogen-bond acceptors (Lipinski definition) is 5. The molecule has 0 unspecified atom stereocenters. The molecule has 2 aliphatic heterocycles. The minimum Gasteiger partial charge on any atom is -0.600 e. The van der Waals surface area contributed by atoms with Crippen molar-refractivity contribution >= 4 is 5.90 Å². The van der Waals surface area contributed by atoms with E-state index in [9.17, 15) is 5.11 Å². The van der Waals surface area contributed by atoms with Gasteiger partial charge in [0.05, 0.1) is 11.3 Å². The van der Waals surface area contributed by atoms with Gasteiger partial charge in [-0.05, 0) is 18.2 Å². The number of hydrogen-bond donors (Lipinski definition) is 1. The third kappa shape index (κ3) is 2.35. The molecule has 1 N–H and O–H groups in total. The zero-order chi connectivity index (χ0) is 13.5. The summed E-state index contributed by atoms with van der Waals surface area (Å²) in [6.07, 6.45) is 0.321. The van der Waals surface area contributed by atoms with Crippen molar-refractivity contribution in [3.05, 3.63) is 66.1 Å². The van der Waals surface area contributed by atoms with Gasteiger partial charge in [0, 0.05) is 30.7 Å². The van der Waals surface area contributed by atoms with Gasteiger partial charge < -0.3 is 19.6 Å². The van der Waals surface area contributed by atoms with Crippen molar-refractivity contribution in [1.29, 1.82) is 0 Å². The Morgan fingerprint density at radius 2 is 1.81 bits per heavy atom. The van der Waals surface area contributed by atoms with Crippen LogP contribution in [0.15, 0.2) is 53.6 Å². The Hall–Kier alpha value is -2.11. The van der Waals surface area contributed by atoms with Crippen LogP contribution >= 0.6 is 0 Å². The van der Waals surface area contributed by atoms with Gasteiger partial charge in [0.15, 0.2) is 0 Å². The molecular weight excluding hydrogens is 307 g/mol. The topological polar surface area (TPSA) is 54.3 Å². The first-order valence-electron chi connectivity index (χ1n) is 6.26. The molecule has 2 heterocycles. The molecule has 21 heavy (non-hydrogen) atoms. The maximum Gasteiger partial charge on any atom is 0.212 e. The summed E-state index contributed by atoms with van der Waals surface area (Å²) in [5, 5.41) is 15.8. The summed E-state index contributed by atoms with van der Waals surface area (Å²) in [6, 6.07) is 14.7. The molecule has 2 aromatic rings. The second-order valence-corrected chi connectivity index (χ2v) is 4.56. The standard InChI is InChI=1S/C15H11N2O3.V/c18-12-7-3-2-6-11(12)14-16-17-9-10-5-1-4-8-13(10)19-15(17)20-14;/h1-8,18H,9H2;/q-1;. The Bertz CT molecular complexity index is 705. The van der Waals surface area contributed by atoms with Gasteiger partial charge in [-0.15, -0.1) is 0 Å². The van der Waals surface area contributed by atoms with E-state index in [4.69, 9.17) is 9.47 Å². The first-order chi connectivity index (χ1) is 9.81. The molecule has 1 radical (unpaired) electrons. The number of ether oxygens (including phenoxy) is 2. The zero-order valence-corrected chi connectivity index (χ0v) is 12.3.